The van der Waals surface area contributed by atoms with Gasteiger partial charge in [0.05, 0.1) is 6.04 Å². The summed E-state index contributed by atoms with van der Waals surface area (Å²) in [7, 11) is 0. The Bertz CT molecular complexity index is 772. The van der Waals surface area contributed by atoms with Crippen LogP contribution in [0.5, 0.6) is 0 Å². The van der Waals surface area contributed by atoms with Crippen LogP contribution < -0.4 is 5.73 Å². The van der Waals surface area contributed by atoms with Crippen molar-refractivity contribution >= 4 is 45.9 Å². The first-order valence-corrected chi connectivity index (χ1v) is 8.19. The Hall–Kier alpha value is -1.13. The van der Waals surface area contributed by atoms with Crippen LogP contribution >= 0.6 is 35.0 Å². The molecule has 0 aliphatic rings. The molecule has 0 fully saturated rings. The molecule has 0 spiro atoms. The maximum atomic E-state index is 6.20. The maximum absolute atomic E-state index is 6.20. The number of nitrogens with two attached hydrogens (primary N) is 1. The molecule has 1 atom stereocenters. The highest BCUT2D eigenvalue weighted by molar-refractivity contribution is 7.99. The fourth-order valence-corrected chi connectivity index (χ4v) is 3.40. The molecule has 21 heavy (non-hydrogen) atoms. The van der Waals surface area contributed by atoms with E-state index in [-0.39, 0.29) is 6.04 Å². The van der Waals surface area contributed by atoms with Crippen molar-refractivity contribution in [3.8, 4) is 0 Å². The number of furan rings is 1. The molecule has 5 heteroatoms. The summed E-state index contributed by atoms with van der Waals surface area (Å²) in [5.74, 6) is 1.48. The van der Waals surface area contributed by atoms with Gasteiger partial charge >= 0.3 is 0 Å². The number of halogens is 2. The smallest absolute Gasteiger partial charge is 0.134 e. The molecule has 3 rings (SSSR count). The van der Waals surface area contributed by atoms with E-state index in [9.17, 15) is 0 Å². The number of thioether (sulfide) groups is 1. The molecule has 0 saturated heterocycles. The fourth-order valence-electron chi connectivity index (χ4n) is 2.04. The van der Waals surface area contributed by atoms with E-state index in [1.165, 1.54) is 0 Å². The summed E-state index contributed by atoms with van der Waals surface area (Å²) in [6.07, 6.45) is 0. The molecule has 2 nitrogen and oxygen atoms in total. The minimum Gasteiger partial charge on any atom is -0.459 e. The topological polar surface area (TPSA) is 39.2 Å². The zero-order valence-electron chi connectivity index (χ0n) is 11.1. The van der Waals surface area contributed by atoms with Gasteiger partial charge in [-0.1, -0.05) is 29.3 Å². The number of rotatable bonds is 4. The van der Waals surface area contributed by atoms with Crippen LogP contribution in [-0.4, -0.2) is 5.75 Å². The standard InChI is InChI=1S/C16H13Cl2NOS/c17-11-2-1-3-13(8-11)21-9-14(19)16-7-10-6-12(18)4-5-15(10)20-16/h1-8,14H,9,19H2. The molecule has 1 aromatic heterocycles. The first-order chi connectivity index (χ1) is 10.1. The van der Waals surface area contributed by atoms with Gasteiger partial charge in [-0.3, -0.25) is 0 Å². The predicted molar refractivity (Wildman–Crippen MR) is 90.3 cm³/mol. The van der Waals surface area contributed by atoms with E-state index in [2.05, 4.69) is 0 Å². The number of benzene rings is 2. The van der Waals surface area contributed by atoms with Gasteiger partial charge in [0.2, 0.25) is 0 Å². The SMILES string of the molecule is NC(CSc1cccc(Cl)c1)c1cc2cc(Cl)ccc2o1. The minimum atomic E-state index is -0.180. The highest BCUT2D eigenvalue weighted by atomic mass is 35.5. The van der Waals surface area contributed by atoms with Crippen LogP contribution in [-0.2, 0) is 0 Å². The first-order valence-electron chi connectivity index (χ1n) is 6.45. The minimum absolute atomic E-state index is 0.180. The Balaban J connectivity index is 1.73. The van der Waals surface area contributed by atoms with Crippen molar-refractivity contribution in [1.29, 1.82) is 0 Å². The van der Waals surface area contributed by atoms with E-state index < -0.39 is 0 Å². The van der Waals surface area contributed by atoms with Crippen molar-refractivity contribution < 1.29 is 4.42 Å². The third-order valence-corrected chi connectivity index (χ3v) is 4.67. The van der Waals surface area contributed by atoms with Crippen molar-refractivity contribution in [2.45, 2.75) is 10.9 Å². The monoisotopic (exact) mass is 337 g/mol. The van der Waals surface area contributed by atoms with Gasteiger partial charge in [-0.05, 0) is 42.5 Å². The largest absolute Gasteiger partial charge is 0.459 e. The molecular formula is C16H13Cl2NOS. The Morgan fingerprint density at radius 1 is 1.05 bits per heavy atom. The summed E-state index contributed by atoms with van der Waals surface area (Å²) in [6.45, 7) is 0. The van der Waals surface area contributed by atoms with Gasteiger partial charge in [-0.15, -0.1) is 11.8 Å². The summed E-state index contributed by atoms with van der Waals surface area (Å²) in [5, 5.41) is 2.39. The van der Waals surface area contributed by atoms with Crippen LogP contribution in [0.2, 0.25) is 10.0 Å². The van der Waals surface area contributed by atoms with Gasteiger partial charge in [-0.25, -0.2) is 0 Å². The lowest BCUT2D eigenvalue weighted by atomic mass is 10.2. The second-order valence-electron chi connectivity index (χ2n) is 4.71. The number of fused-ring (bicyclic) bond motifs is 1. The Labute approximate surface area is 137 Å². The molecule has 0 radical (unpaired) electrons. The third-order valence-electron chi connectivity index (χ3n) is 3.09. The molecule has 1 heterocycles. The van der Waals surface area contributed by atoms with Crippen molar-refractivity contribution in [3.05, 3.63) is 64.3 Å². The highest BCUT2D eigenvalue weighted by Crippen LogP contribution is 2.29. The average Bonchev–Trinajstić information content (AvgIpc) is 2.88. The van der Waals surface area contributed by atoms with E-state index >= 15 is 0 Å². The predicted octanol–water partition coefficient (Wildman–Crippen LogP) is 5.53. The van der Waals surface area contributed by atoms with Gasteiger partial charge in [0, 0.05) is 26.1 Å². The molecule has 0 saturated carbocycles. The maximum Gasteiger partial charge on any atom is 0.134 e. The van der Waals surface area contributed by atoms with Gasteiger partial charge < -0.3 is 10.2 Å². The average molecular weight is 338 g/mol. The van der Waals surface area contributed by atoms with Crippen LogP contribution in [0.4, 0.5) is 0 Å². The second-order valence-corrected chi connectivity index (χ2v) is 6.67. The van der Waals surface area contributed by atoms with Crippen LogP contribution in [0.1, 0.15) is 11.8 Å². The molecule has 1 unspecified atom stereocenters. The van der Waals surface area contributed by atoms with E-state index in [4.69, 9.17) is 33.4 Å². The fraction of sp³-hybridized carbons (Fsp3) is 0.125. The molecule has 0 bridgehead atoms. The highest BCUT2D eigenvalue weighted by Gasteiger charge is 2.13. The Kier molecular flexibility index (Phi) is 4.45. The number of hydrogen-bond donors (Lipinski definition) is 1. The molecule has 2 N–H and O–H groups in total. The summed E-state index contributed by atoms with van der Waals surface area (Å²) < 4.78 is 5.77. The van der Waals surface area contributed by atoms with Crippen LogP contribution in [0, 0.1) is 0 Å². The normalized spacial score (nSPS) is 12.7. The van der Waals surface area contributed by atoms with Crippen LogP contribution in [0.15, 0.2) is 57.8 Å². The second kappa shape index (κ2) is 6.32. The van der Waals surface area contributed by atoms with Gasteiger partial charge in [0.25, 0.3) is 0 Å². The first kappa shape index (κ1) is 14.8. The van der Waals surface area contributed by atoms with E-state index in [0.29, 0.717) is 10.8 Å². The van der Waals surface area contributed by atoms with E-state index in [1.807, 2.05) is 48.5 Å². The summed E-state index contributed by atoms with van der Waals surface area (Å²) in [5.41, 5.74) is 7.01. The lowest BCUT2D eigenvalue weighted by Gasteiger charge is -2.08. The number of hydrogen-bond acceptors (Lipinski definition) is 3. The zero-order chi connectivity index (χ0) is 14.8. The van der Waals surface area contributed by atoms with Crippen LogP contribution in [0.3, 0.4) is 0 Å². The summed E-state index contributed by atoms with van der Waals surface area (Å²) in [6, 6.07) is 15.0. The van der Waals surface area contributed by atoms with Gasteiger partial charge in [-0.2, -0.15) is 0 Å². The summed E-state index contributed by atoms with van der Waals surface area (Å²) in [4.78, 5) is 1.09. The Morgan fingerprint density at radius 3 is 2.67 bits per heavy atom. The Morgan fingerprint density at radius 2 is 1.86 bits per heavy atom. The molecular weight excluding hydrogens is 325 g/mol. The van der Waals surface area contributed by atoms with E-state index in [0.717, 1.165) is 26.6 Å². The lowest BCUT2D eigenvalue weighted by Crippen LogP contribution is -2.11. The third kappa shape index (κ3) is 3.55. The molecule has 3 aromatic rings. The van der Waals surface area contributed by atoms with Crippen molar-refractivity contribution in [1.82, 2.24) is 0 Å². The van der Waals surface area contributed by atoms with Crippen molar-refractivity contribution in [2.24, 2.45) is 5.73 Å². The quantitative estimate of drug-likeness (QED) is 0.636. The van der Waals surface area contributed by atoms with Crippen molar-refractivity contribution in [3.63, 3.8) is 0 Å². The zero-order valence-corrected chi connectivity index (χ0v) is 13.4. The van der Waals surface area contributed by atoms with Gasteiger partial charge in [0.1, 0.15) is 11.3 Å². The molecule has 2 aromatic carbocycles. The van der Waals surface area contributed by atoms with Crippen molar-refractivity contribution in [2.75, 3.05) is 5.75 Å². The molecule has 0 amide bonds. The van der Waals surface area contributed by atoms with Gasteiger partial charge in [0.15, 0.2) is 0 Å². The van der Waals surface area contributed by atoms with E-state index in [1.54, 1.807) is 11.8 Å². The summed E-state index contributed by atoms with van der Waals surface area (Å²) >= 11 is 13.6. The molecule has 0 aliphatic heterocycles. The molecule has 0 aliphatic carbocycles. The molecule has 108 valence electrons. The lowest BCUT2D eigenvalue weighted by molar-refractivity contribution is 0.516. The van der Waals surface area contributed by atoms with Crippen LogP contribution in [0.25, 0.3) is 11.0 Å².